The van der Waals surface area contributed by atoms with Crippen LogP contribution in [0.25, 0.3) is 0 Å². The number of nitrogens with one attached hydrogen (secondary N) is 1. The molecule has 0 radical (unpaired) electrons. The Hall–Kier alpha value is -0.130. The van der Waals surface area contributed by atoms with E-state index in [1.807, 2.05) is 0 Å². The van der Waals surface area contributed by atoms with E-state index in [-0.39, 0.29) is 5.75 Å². The average molecular weight is 288 g/mol. The summed E-state index contributed by atoms with van der Waals surface area (Å²) in [7, 11) is -2.86. The molecule has 2 aliphatic rings. The summed E-state index contributed by atoms with van der Waals surface area (Å²) in [6.07, 6.45) is 5.17. The van der Waals surface area contributed by atoms with Gasteiger partial charge in [-0.3, -0.25) is 4.90 Å². The van der Waals surface area contributed by atoms with Crippen molar-refractivity contribution < 1.29 is 8.42 Å². The zero-order valence-electron chi connectivity index (χ0n) is 12.4. The quantitative estimate of drug-likeness (QED) is 0.796. The van der Waals surface area contributed by atoms with E-state index < -0.39 is 9.84 Å². The topological polar surface area (TPSA) is 49.4 Å². The van der Waals surface area contributed by atoms with Crippen molar-refractivity contribution in [3.63, 3.8) is 0 Å². The maximum atomic E-state index is 11.4. The second-order valence-corrected chi connectivity index (χ2v) is 8.69. The van der Waals surface area contributed by atoms with E-state index >= 15 is 0 Å². The fourth-order valence-corrected chi connectivity index (χ4v) is 3.61. The van der Waals surface area contributed by atoms with Gasteiger partial charge in [0.2, 0.25) is 0 Å². The third kappa shape index (κ3) is 4.43. The van der Waals surface area contributed by atoms with Gasteiger partial charge in [0.05, 0.1) is 5.75 Å². The van der Waals surface area contributed by atoms with Crippen LogP contribution < -0.4 is 5.32 Å². The van der Waals surface area contributed by atoms with Crippen molar-refractivity contribution in [3.05, 3.63) is 0 Å². The maximum Gasteiger partial charge on any atom is 0.148 e. The normalized spacial score (nSPS) is 31.3. The predicted molar refractivity (Wildman–Crippen MR) is 79.0 cm³/mol. The van der Waals surface area contributed by atoms with E-state index in [1.54, 1.807) is 0 Å². The Bertz CT molecular complexity index is 392. The van der Waals surface area contributed by atoms with E-state index in [0.717, 1.165) is 25.4 Å². The largest absolute Gasteiger partial charge is 0.311 e. The Kier molecular flexibility index (Phi) is 4.90. The van der Waals surface area contributed by atoms with Crippen LogP contribution in [0.4, 0.5) is 0 Å². The highest BCUT2D eigenvalue weighted by molar-refractivity contribution is 7.90. The molecule has 2 rings (SSSR count). The van der Waals surface area contributed by atoms with Crippen molar-refractivity contribution >= 4 is 9.84 Å². The van der Waals surface area contributed by atoms with Crippen LogP contribution in [0, 0.1) is 11.8 Å². The molecular weight excluding hydrogens is 260 g/mol. The fraction of sp³-hybridized carbons (Fsp3) is 1.00. The zero-order valence-corrected chi connectivity index (χ0v) is 13.2. The molecule has 1 heterocycles. The molecule has 0 spiro atoms. The lowest BCUT2D eigenvalue weighted by molar-refractivity contribution is 0.0919. The van der Waals surface area contributed by atoms with Gasteiger partial charge in [0.1, 0.15) is 9.84 Å². The van der Waals surface area contributed by atoms with Gasteiger partial charge in [-0.1, -0.05) is 20.3 Å². The Balaban J connectivity index is 1.97. The van der Waals surface area contributed by atoms with Crippen LogP contribution in [-0.2, 0) is 9.84 Å². The van der Waals surface area contributed by atoms with Gasteiger partial charge >= 0.3 is 0 Å². The SMILES string of the molecule is CCC(C)C1CNC(C2CC2)CN1CCS(C)(=O)=O. The smallest absolute Gasteiger partial charge is 0.148 e. The molecule has 112 valence electrons. The van der Waals surface area contributed by atoms with Crippen molar-refractivity contribution in [2.75, 3.05) is 31.6 Å². The molecule has 0 aromatic carbocycles. The summed E-state index contributed by atoms with van der Waals surface area (Å²) in [5.74, 6) is 1.74. The first-order valence-corrected chi connectivity index (χ1v) is 9.62. The summed E-state index contributed by atoms with van der Waals surface area (Å²) in [6, 6.07) is 1.07. The number of hydrogen-bond acceptors (Lipinski definition) is 4. The molecule has 0 bridgehead atoms. The molecule has 1 aliphatic heterocycles. The molecule has 19 heavy (non-hydrogen) atoms. The van der Waals surface area contributed by atoms with E-state index in [1.165, 1.54) is 19.1 Å². The number of hydrogen-bond donors (Lipinski definition) is 1. The average Bonchev–Trinajstić information content (AvgIpc) is 3.18. The summed E-state index contributed by atoms with van der Waals surface area (Å²) in [5.41, 5.74) is 0. The Morgan fingerprint density at radius 1 is 1.37 bits per heavy atom. The highest BCUT2D eigenvalue weighted by Crippen LogP contribution is 2.35. The van der Waals surface area contributed by atoms with Gasteiger partial charge in [-0.25, -0.2) is 8.42 Å². The number of piperazine rings is 1. The number of rotatable bonds is 6. The Morgan fingerprint density at radius 2 is 2.05 bits per heavy atom. The van der Waals surface area contributed by atoms with Crippen LogP contribution in [0.3, 0.4) is 0 Å². The van der Waals surface area contributed by atoms with Crippen LogP contribution in [-0.4, -0.2) is 57.0 Å². The summed E-state index contributed by atoms with van der Waals surface area (Å²) in [5, 5.41) is 3.68. The van der Waals surface area contributed by atoms with Crippen LogP contribution in [0.1, 0.15) is 33.1 Å². The molecule has 4 nitrogen and oxygen atoms in total. The van der Waals surface area contributed by atoms with Crippen molar-refractivity contribution in [2.24, 2.45) is 11.8 Å². The second-order valence-electron chi connectivity index (χ2n) is 6.43. The van der Waals surface area contributed by atoms with Crippen LogP contribution in [0.2, 0.25) is 0 Å². The molecule has 0 amide bonds. The van der Waals surface area contributed by atoms with Gasteiger partial charge in [-0.05, 0) is 24.7 Å². The molecule has 5 heteroatoms. The number of sulfone groups is 1. The summed E-state index contributed by atoms with van der Waals surface area (Å²) < 4.78 is 22.8. The van der Waals surface area contributed by atoms with E-state index in [0.29, 0.717) is 24.5 Å². The van der Waals surface area contributed by atoms with Gasteiger partial charge in [0, 0.05) is 38.0 Å². The Morgan fingerprint density at radius 3 is 2.58 bits per heavy atom. The first kappa shape index (κ1) is 15.3. The summed E-state index contributed by atoms with van der Waals surface area (Å²) in [6.45, 7) is 7.22. The lowest BCUT2D eigenvalue weighted by atomic mass is 9.93. The molecule has 3 atom stereocenters. The lowest BCUT2D eigenvalue weighted by Gasteiger charge is -2.43. The minimum atomic E-state index is -2.86. The fourth-order valence-electron chi connectivity index (χ4n) is 3.04. The minimum Gasteiger partial charge on any atom is -0.311 e. The molecule has 2 fully saturated rings. The lowest BCUT2D eigenvalue weighted by Crippen LogP contribution is -2.59. The minimum absolute atomic E-state index is 0.289. The predicted octanol–water partition coefficient (Wildman–Crippen LogP) is 1.13. The molecular formula is C14H28N2O2S. The molecule has 1 aliphatic carbocycles. The van der Waals surface area contributed by atoms with Crippen molar-refractivity contribution in [2.45, 2.75) is 45.2 Å². The second kappa shape index (κ2) is 6.10. The molecule has 0 aromatic heterocycles. The van der Waals surface area contributed by atoms with Crippen molar-refractivity contribution in [3.8, 4) is 0 Å². The molecule has 3 unspecified atom stereocenters. The third-order valence-corrected chi connectivity index (χ3v) is 5.65. The van der Waals surface area contributed by atoms with Crippen molar-refractivity contribution in [1.29, 1.82) is 0 Å². The van der Waals surface area contributed by atoms with Gasteiger partial charge in [0.25, 0.3) is 0 Å². The first-order chi connectivity index (χ1) is 8.90. The third-order valence-electron chi connectivity index (χ3n) is 4.73. The first-order valence-electron chi connectivity index (χ1n) is 7.56. The zero-order chi connectivity index (χ0) is 14.0. The highest BCUT2D eigenvalue weighted by Gasteiger charge is 2.38. The number of nitrogens with zero attached hydrogens (tertiary/aromatic N) is 1. The van der Waals surface area contributed by atoms with Gasteiger partial charge in [-0.2, -0.15) is 0 Å². The monoisotopic (exact) mass is 288 g/mol. The van der Waals surface area contributed by atoms with E-state index in [9.17, 15) is 8.42 Å². The van der Waals surface area contributed by atoms with Crippen molar-refractivity contribution in [1.82, 2.24) is 10.2 Å². The van der Waals surface area contributed by atoms with Gasteiger partial charge in [-0.15, -0.1) is 0 Å². The van der Waals surface area contributed by atoms with Gasteiger partial charge < -0.3 is 5.32 Å². The maximum absolute atomic E-state index is 11.4. The molecule has 1 saturated heterocycles. The molecule has 1 N–H and O–H groups in total. The van der Waals surface area contributed by atoms with E-state index in [2.05, 4.69) is 24.1 Å². The summed E-state index contributed by atoms with van der Waals surface area (Å²) >= 11 is 0. The van der Waals surface area contributed by atoms with Crippen LogP contribution in [0.5, 0.6) is 0 Å². The van der Waals surface area contributed by atoms with Crippen LogP contribution in [0.15, 0.2) is 0 Å². The highest BCUT2D eigenvalue weighted by atomic mass is 32.2. The Labute approximate surface area is 117 Å². The van der Waals surface area contributed by atoms with E-state index in [4.69, 9.17) is 0 Å². The standard InChI is InChI=1S/C14H28N2O2S/c1-4-11(2)14-9-15-13(12-5-6-12)10-16(14)7-8-19(3,17)18/h11-15H,4-10H2,1-3H3. The molecule has 0 aromatic rings. The summed E-state index contributed by atoms with van der Waals surface area (Å²) in [4.78, 5) is 2.43. The van der Waals surface area contributed by atoms with Crippen LogP contribution >= 0.6 is 0 Å². The molecule has 1 saturated carbocycles. The van der Waals surface area contributed by atoms with Gasteiger partial charge in [0.15, 0.2) is 0 Å².